The number of furan rings is 1. The van der Waals surface area contributed by atoms with E-state index in [1.807, 2.05) is 19.1 Å². The largest absolute Gasteiger partial charge is 0.465 e. The summed E-state index contributed by atoms with van der Waals surface area (Å²) in [6, 6.07) is 4.05. The van der Waals surface area contributed by atoms with Gasteiger partial charge in [-0.15, -0.1) is 0 Å². The molecule has 1 rings (SSSR count). The van der Waals surface area contributed by atoms with Crippen LogP contribution in [0, 0.1) is 0 Å². The minimum Gasteiger partial charge on any atom is -0.465 e. The summed E-state index contributed by atoms with van der Waals surface area (Å²) in [6.07, 6.45) is 0.957. The van der Waals surface area contributed by atoms with Crippen LogP contribution >= 0.6 is 0 Å². The minimum absolute atomic E-state index is 0.762. The Bertz CT molecular complexity index is 245. The predicted octanol–water partition coefficient (Wildman–Crippen LogP) is 1.97. The van der Waals surface area contributed by atoms with Crippen molar-refractivity contribution in [1.82, 2.24) is 5.32 Å². The Kier molecular flexibility index (Phi) is 5.33. The van der Waals surface area contributed by atoms with E-state index in [1.165, 1.54) is 0 Å². The van der Waals surface area contributed by atoms with Gasteiger partial charge in [-0.25, -0.2) is 0 Å². The second-order valence-corrected chi connectivity index (χ2v) is 3.10. The zero-order valence-corrected chi connectivity index (χ0v) is 9.01. The molecule has 1 heterocycles. The van der Waals surface area contributed by atoms with Crippen molar-refractivity contribution in [3.05, 3.63) is 23.7 Å². The molecule has 1 aromatic heterocycles. The Labute approximate surface area is 85.4 Å². The lowest BCUT2D eigenvalue weighted by Gasteiger charge is -2.02. The van der Waals surface area contributed by atoms with Gasteiger partial charge in [0.25, 0.3) is 0 Å². The Morgan fingerprint density at radius 3 is 2.71 bits per heavy atom. The molecule has 14 heavy (non-hydrogen) atoms. The van der Waals surface area contributed by atoms with Crippen LogP contribution in [0.2, 0.25) is 0 Å². The van der Waals surface area contributed by atoms with E-state index in [-0.39, 0.29) is 0 Å². The van der Waals surface area contributed by atoms with Gasteiger partial charge in [-0.05, 0) is 19.1 Å². The van der Waals surface area contributed by atoms with Crippen LogP contribution in [0.4, 0.5) is 0 Å². The average Bonchev–Trinajstić information content (AvgIpc) is 2.65. The lowest BCUT2D eigenvalue weighted by molar-refractivity contribution is 0.148. The maximum Gasteiger partial charge on any atom is 0.117 e. The molecule has 0 radical (unpaired) electrons. The topological polar surface area (TPSA) is 34.4 Å². The molecule has 0 aromatic carbocycles. The normalized spacial score (nSPS) is 10.7. The van der Waals surface area contributed by atoms with Gasteiger partial charge in [0.2, 0.25) is 0 Å². The van der Waals surface area contributed by atoms with Crippen LogP contribution in [0.5, 0.6) is 0 Å². The molecule has 1 aromatic rings. The third-order valence-electron chi connectivity index (χ3n) is 1.99. The van der Waals surface area contributed by atoms with E-state index >= 15 is 0 Å². The molecule has 80 valence electrons. The molecule has 0 unspecified atom stereocenters. The fraction of sp³-hybridized carbons (Fsp3) is 0.636. The molecule has 0 fully saturated rings. The van der Waals surface area contributed by atoms with Crippen molar-refractivity contribution in [2.45, 2.75) is 26.8 Å². The zero-order chi connectivity index (χ0) is 10.2. The number of nitrogens with one attached hydrogen (secondary N) is 1. The van der Waals surface area contributed by atoms with Crippen LogP contribution in [0.25, 0.3) is 0 Å². The van der Waals surface area contributed by atoms with E-state index in [2.05, 4.69) is 12.2 Å². The first kappa shape index (κ1) is 11.3. The van der Waals surface area contributed by atoms with Crippen molar-refractivity contribution in [3.8, 4) is 0 Å². The highest BCUT2D eigenvalue weighted by Crippen LogP contribution is 2.07. The van der Waals surface area contributed by atoms with E-state index in [1.54, 1.807) is 0 Å². The van der Waals surface area contributed by atoms with Crippen molar-refractivity contribution >= 4 is 0 Å². The van der Waals surface area contributed by atoms with Gasteiger partial charge >= 0.3 is 0 Å². The van der Waals surface area contributed by atoms with E-state index < -0.39 is 0 Å². The highest BCUT2D eigenvalue weighted by molar-refractivity contribution is 5.06. The van der Waals surface area contributed by atoms with Crippen LogP contribution in [0.1, 0.15) is 25.4 Å². The van der Waals surface area contributed by atoms with Crippen LogP contribution in [-0.2, 0) is 17.7 Å². The Hall–Kier alpha value is -0.800. The second-order valence-electron chi connectivity index (χ2n) is 3.10. The molecule has 3 nitrogen and oxygen atoms in total. The van der Waals surface area contributed by atoms with Gasteiger partial charge in [-0.3, -0.25) is 0 Å². The molecule has 0 atom stereocenters. The Balaban J connectivity index is 2.12. The van der Waals surface area contributed by atoms with Crippen molar-refractivity contribution in [3.63, 3.8) is 0 Å². The molecule has 3 heteroatoms. The standard InChI is InChI=1S/C11H19NO2/c1-3-10-5-6-11(14-10)9-12-7-8-13-4-2/h5-6,12H,3-4,7-9H2,1-2H3. The molecule has 0 bridgehead atoms. The second kappa shape index (κ2) is 6.62. The van der Waals surface area contributed by atoms with Crippen molar-refractivity contribution in [2.75, 3.05) is 19.8 Å². The first-order valence-corrected chi connectivity index (χ1v) is 5.22. The molecule has 0 spiro atoms. The van der Waals surface area contributed by atoms with Crippen molar-refractivity contribution in [1.29, 1.82) is 0 Å². The molecule has 0 aliphatic rings. The SMILES string of the molecule is CCOCCNCc1ccc(CC)o1. The third-order valence-corrected chi connectivity index (χ3v) is 1.99. The molecule has 1 N–H and O–H groups in total. The fourth-order valence-electron chi connectivity index (χ4n) is 1.21. The molecular formula is C11H19NO2. The zero-order valence-electron chi connectivity index (χ0n) is 9.01. The number of aryl methyl sites for hydroxylation is 1. The minimum atomic E-state index is 0.762. The van der Waals surface area contributed by atoms with Crippen molar-refractivity contribution in [2.24, 2.45) is 0 Å². The van der Waals surface area contributed by atoms with Gasteiger partial charge in [-0.2, -0.15) is 0 Å². The van der Waals surface area contributed by atoms with Gasteiger partial charge < -0.3 is 14.5 Å². The van der Waals surface area contributed by atoms with Crippen LogP contribution in [-0.4, -0.2) is 19.8 Å². The molecule has 0 aliphatic carbocycles. The van der Waals surface area contributed by atoms with E-state index in [9.17, 15) is 0 Å². The number of ether oxygens (including phenoxy) is 1. The van der Waals surface area contributed by atoms with Gasteiger partial charge in [0.05, 0.1) is 13.2 Å². The summed E-state index contributed by atoms with van der Waals surface area (Å²) < 4.78 is 10.7. The first-order valence-electron chi connectivity index (χ1n) is 5.22. The van der Waals surface area contributed by atoms with Gasteiger partial charge in [0.1, 0.15) is 11.5 Å². The predicted molar refractivity (Wildman–Crippen MR) is 56.3 cm³/mol. The van der Waals surface area contributed by atoms with Gasteiger partial charge in [-0.1, -0.05) is 6.92 Å². The molecule has 0 aliphatic heterocycles. The smallest absolute Gasteiger partial charge is 0.117 e. The Morgan fingerprint density at radius 1 is 1.29 bits per heavy atom. The summed E-state index contributed by atoms with van der Waals surface area (Å²) in [5, 5.41) is 3.26. The fourth-order valence-corrected chi connectivity index (χ4v) is 1.21. The monoisotopic (exact) mass is 197 g/mol. The molecule has 0 saturated carbocycles. The van der Waals surface area contributed by atoms with Crippen LogP contribution < -0.4 is 5.32 Å². The van der Waals surface area contributed by atoms with Gasteiger partial charge in [0, 0.05) is 19.6 Å². The van der Waals surface area contributed by atoms with E-state index in [0.717, 1.165) is 44.2 Å². The molecule has 0 amide bonds. The number of hydrogen-bond acceptors (Lipinski definition) is 3. The number of rotatable bonds is 7. The van der Waals surface area contributed by atoms with E-state index in [4.69, 9.17) is 9.15 Å². The lowest BCUT2D eigenvalue weighted by atomic mass is 10.3. The summed E-state index contributed by atoms with van der Waals surface area (Å²) in [7, 11) is 0. The third kappa shape index (κ3) is 3.94. The average molecular weight is 197 g/mol. The quantitative estimate of drug-likeness (QED) is 0.679. The van der Waals surface area contributed by atoms with Crippen LogP contribution in [0.15, 0.2) is 16.5 Å². The number of hydrogen-bond donors (Lipinski definition) is 1. The van der Waals surface area contributed by atoms with Crippen molar-refractivity contribution < 1.29 is 9.15 Å². The maximum absolute atomic E-state index is 5.54. The van der Waals surface area contributed by atoms with Gasteiger partial charge in [0.15, 0.2) is 0 Å². The Morgan fingerprint density at radius 2 is 2.07 bits per heavy atom. The summed E-state index contributed by atoms with van der Waals surface area (Å²) in [5.74, 6) is 2.05. The molecular weight excluding hydrogens is 178 g/mol. The highest BCUT2D eigenvalue weighted by Gasteiger charge is 1.98. The van der Waals surface area contributed by atoms with Crippen LogP contribution in [0.3, 0.4) is 0 Å². The lowest BCUT2D eigenvalue weighted by Crippen LogP contribution is -2.18. The highest BCUT2D eigenvalue weighted by atomic mass is 16.5. The summed E-state index contributed by atoms with van der Waals surface area (Å²) in [5.41, 5.74) is 0. The maximum atomic E-state index is 5.54. The summed E-state index contributed by atoms with van der Waals surface area (Å²) in [4.78, 5) is 0. The summed E-state index contributed by atoms with van der Waals surface area (Å²) >= 11 is 0. The summed E-state index contributed by atoms with van der Waals surface area (Å²) in [6.45, 7) is 7.29. The van der Waals surface area contributed by atoms with E-state index in [0.29, 0.717) is 0 Å². The first-order chi connectivity index (χ1) is 6.86. The molecule has 0 saturated heterocycles.